The highest BCUT2D eigenvalue weighted by atomic mass is 32.2. The Kier molecular flexibility index (Phi) is 3.03. The van der Waals surface area contributed by atoms with E-state index in [9.17, 15) is 8.42 Å². The van der Waals surface area contributed by atoms with Crippen LogP contribution in [0.5, 0.6) is 0 Å². The van der Waals surface area contributed by atoms with Crippen LogP contribution in [-0.4, -0.2) is 13.4 Å². The van der Waals surface area contributed by atoms with Crippen molar-refractivity contribution in [3.05, 3.63) is 35.3 Å². The first-order chi connectivity index (χ1) is 7.97. The number of benzene rings is 1. The van der Waals surface area contributed by atoms with Crippen molar-refractivity contribution in [2.24, 2.45) is 0 Å². The molecule has 0 amide bonds. The molecular weight excluding hydrogens is 258 g/mol. The molecule has 3 N–H and O–H groups in total. The average molecular weight is 269 g/mol. The van der Waals surface area contributed by atoms with Crippen LogP contribution < -0.4 is 10.5 Å². The SMILES string of the molecule is Cc1cnc(NS(=O)(=O)c2ccc(N)cc2)s1. The van der Waals surface area contributed by atoms with E-state index in [2.05, 4.69) is 9.71 Å². The van der Waals surface area contributed by atoms with Gasteiger partial charge in [-0.2, -0.15) is 0 Å². The Balaban J connectivity index is 2.28. The molecule has 1 heterocycles. The molecule has 0 atom stereocenters. The zero-order chi connectivity index (χ0) is 12.5. The molecule has 2 rings (SSSR count). The van der Waals surface area contributed by atoms with Gasteiger partial charge in [-0.15, -0.1) is 11.3 Å². The molecule has 0 saturated carbocycles. The molecule has 0 aliphatic rings. The number of nitrogens with two attached hydrogens (primary N) is 1. The van der Waals surface area contributed by atoms with Crippen molar-refractivity contribution < 1.29 is 8.42 Å². The molecule has 1 aromatic carbocycles. The Morgan fingerprint density at radius 1 is 1.29 bits per heavy atom. The fourth-order valence-electron chi connectivity index (χ4n) is 1.22. The molecule has 1 aromatic heterocycles. The number of hydrogen-bond acceptors (Lipinski definition) is 5. The zero-order valence-electron chi connectivity index (χ0n) is 9.04. The van der Waals surface area contributed by atoms with Crippen LogP contribution in [0.2, 0.25) is 0 Å². The van der Waals surface area contributed by atoms with Gasteiger partial charge >= 0.3 is 0 Å². The highest BCUT2D eigenvalue weighted by Gasteiger charge is 2.15. The molecule has 0 saturated heterocycles. The normalized spacial score (nSPS) is 11.4. The average Bonchev–Trinajstić information content (AvgIpc) is 2.63. The molecular formula is C10H11N3O2S2. The molecule has 0 radical (unpaired) electrons. The van der Waals surface area contributed by atoms with Crippen molar-refractivity contribution in [2.75, 3.05) is 10.5 Å². The number of anilines is 2. The molecule has 0 unspecified atom stereocenters. The summed E-state index contributed by atoms with van der Waals surface area (Å²) in [5, 5.41) is 0.360. The summed E-state index contributed by atoms with van der Waals surface area (Å²) >= 11 is 1.29. The zero-order valence-corrected chi connectivity index (χ0v) is 10.7. The van der Waals surface area contributed by atoms with Gasteiger partial charge in [-0.05, 0) is 31.2 Å². The van der Waals surface area contributed by atoms with Crippen LogP contribution >= 0.6 is 11.3 Å². The predicted octanol–water partition coefficient (Wildman–Crippen LogP) is 1.83. The Morgan fingerprint density at radius 2 is 1.94 bits per heavy atom. The second-order valence-electron chi connectivity index (χ2n) is 3.45. The van der Waals surface area contributed by atoms with E-state index >= 15 is 0 Å². The number of aromatic nitrogens is 1. The number of nitrogen functional groups attached to an aromatic ring is 1. The topological polar surface area (TPSA) is 85.1 Å². The lowest BCUT2D eigenvalue weighted by atomic mass is 10.3. The smallest absolute Gasteiger partial charge is 0.263 e. The van der Waals surface area contributed by atoms with E-state index in [4.69, 9.17) is 5.73 Å². The maximum atomic E-state index is 11.9. The summed E-state index contributed by atoms with van der Waals surface area (Å²) in [7, 11) is -3.57. The van der Waals surface area contributed by atoms with E-state index in [1.807, 2.05) is 6.92 Å². The van der Waals surface area contributed by atoms with Gasteiger partial charge in [-0.3, -0.25) is 4.72 Å². The van der Waals surface area contributed by atoms with Gasteiger partial charge in [0.2, 0.25) is 0 Å². The van der Waals surface area contributed by atoms with Gasteiger partial charge in [0.05, 0.1) is 4.90 Å². The summed E-state index contributed by atoms with van der Waals surface area (Å²) in [6, 6.07) is 6.00. The summed E-state index contributed by atoms with van der Waals surface area (Å²) in [5.74, 6) is 0. The van der Waals surface area contributed by atoms with Crippen LogP contribution in [0.1, 0.15) is 4.88 Å². The van der Waals surface area contributed by atoms with Crippen LogP contribution in [0, 0.1) is 6.92 Å². The maximum Gasteiger partial charge on any atom is 0.263 e. The third kappa shape index (κ3) is 2.75. The summed E-state index contributed by atoms with van der Waals surface area (Å²) in [5.41, 5.74) is 6.02. The molecule has 0 fully saturated rings. The van der Waals surface area contributed by atoms with Crippen molar-refractivity contribution in [1.29, 1.82) is 0 Å². The molecule has 0 bridgehead atoms. The van der Waals surface area contributed by atoms with Crippen molar-refractivity contribution in [2.45, 2.75) is 11.8 Å². The van der Waals surface area contributed by atoms with E-state index < -0.39 is 10.0 Å². The Bertz CT molecular complexity index is 617. The monoisotopic (exact) mass is 269 g/mol. The van der Waals surface area contributed by atoms with E-state index in [-0.39, 0.29) is 4.90 Å². The van der Waals surface area contributed by atoms with Crippen LogP contribution in [0.4, 0.5) is 10.8 Å². The summed E-state index contributed by atoms with van der Waals surface area (Å²) in [6.07, 6.45) is 1.62. The van der Waals surface area contributed by atoms with E-state index in [1.165, 1.54) is 23.5 Å². The molecule has 90 valence electrons. The molecule has 7 heteroatoms. The van der Waals surface area contributed by atoms with Gasteiger partial charge in [-0.1, -0.05) is 0 Å². The Labute approximate surface area is 103 Å². The second-order valence-corrected chi connectivity index (χ2v) is 6.37. The van der Waals surface area contributed by atoms with Crippen molar-refractivity contribution in [1.82, 2.24) is 4.98 Å². The second kappa shape index (κ2) is 4.34. The first kappa shape index (κ1) is 11.9. The van der Waals surface area contributed by atoms with Crippen molar-refractivity contribution >= 4 is 32.2 Å². The number of nitrogens with zero attached hydrogens (tertiary/aromatic N) is 1. The fourth-order valence-corrected chi connectivity index (χ4v) is 3.13. The van der Waals surface area contributed by atoms with Crippen molar-refractivity contribution in [3.63, 3.8) is 0 Å². The molecule has 2 aromatic rings. The largest absolute Gasteiger partial charge is 0.399 e. The number of rotatable bonds is 3. The summed E-state index contributed by atoms with van der Waals surface area (Å²) in [6.45, 7) is 1.86. The van der Waals surface area contributed by atoms with Crippen LogP contribution in [0.3, 0.4) is 0 Å². The Hall–Kier alpha value is -1.60. The van der Waals surface area contributed by atoms with Crippen LogP contribution in [0.15, 0.2) is 35.4 Å². The van der Waals surface area contributed by atoms with Gasteiger partial charge < -0.3 is 5.73 Å². The number of aryl methyl sites for hydroxylation is 1. The standard InChI is InChI=1S/C10H11N3O2S2/c1-7-6-12-10(16-7)13-17(14,15)9-4-2-8(11)3-5-9/h2-6H,11H2,1H3,(H,12,13). The van der Waals surface area contributed by atoms with Gasteiger partial charge in [0.15, 0.2) is 5.13 Å². The van der Waals surface area contributed by atoms with E-state index in [0.29, 0.717) is 10.8 Å². The quantitative estimate of drug-likeness (QED) is 0.832. The summed E-state index contributed by atoms with van der Waals surface area (Å²) in [4.78, 5) is 5.06. The predicted molar refractivity (Wildman–Crippen MR) is 68.5 cm³/mol. The third-order valence-electron chi connectivity index (χ3n) is 2.03. The molecule has 0 aliphatic heterocycles. The minimum Gasteiger partial charge on any atom is -0.399 e. The molecule has 0 aliphatic carbocycles. The first-order valence-electron chi connectivity index (χ1n) is 4.78. The van der Waals surface area contributed by atoms with E-state index in [0.717, 1.165) is 4.88 Å². The number of hydrogen-bond donors (Lipinski definition) is 2. The lowest BCUT2D eigenvalue weighted by Gasteiger charge is -2.04. The number of sulfonamides is 1. The van der Waals surface area contributed by atoms with Gasteiger partial charge in [0.25, 0.3) is 10.0 Å². The van der Waals surface area contributed by atoms with Gasteiger partial charge in [0, 0.05) is 16.8 Å². The number of nitrogens with one attached hydrogen (secondary N) is 1. The third-order valence-corrected chi connectivity index (χ3v) is 4.35. The Morgan fingerprint density at radius 3 is 2.47 bits per heavy atom. The fraction of sp³-hybridized carbons (Fsp3) is 0.100. The van der Waals surface area contributed by atoms with Crippen LogP contribution in [-0.2, 0) is 10.0 Å². The number of thiazole rings is 1. The minimum atomic E-state index is -3.57. The lowest BCUT2D eigenvalue weighted by Crippen LogP contribution is -2.12. The molecule has 17 heavy (non-hydrogen) atoms. The summed E-state index contributed by atoms with van der Waals surface area (Å²) < 4.78 is 26.3. The highest BCUT2D eigenvalue weighted by molar-refractivity contribution is 7.93. The van der Waals surface area contributed by atoms with E-state index in [1.54, 1.807) is 18.3 Å². The molecule has 0 spiro atoms. The van der Waals surface area contributed by atoms with Crippen molar-refractivity contribution in [3.8, 4) is 0 Å². The maximum absolute atomic E-state index is 11.9. The highest BCUT2D eigenvalue weighted by Crippen LogP contribution is 2.21. The lowest BCUT2D eigenvalue weighted by molar-refractivity contribution is 0.601. The van der Waals surface area contributed by atoms with Gasteiger partial charge in [-0.25, -0.2) is 13.4 Å². The van der Waals surface area contributed by atoms with Crippen LogP contribution in [0.25, 0.3) is 0 Å². The van der Waals surface area contributed by atoms with Gasteiger partial charge in [0.1, 0.15) is 0 Å². The molecule has 5 nitrogen and oxygen atoms in total. The minimum absolute atomic E-state index is 0.166. The first-order valence-corrected chi connectivity index (χ1v) is 7.08.